The summed E-state index contributed by atoms with van der Waals surface area (Å²) in [6, 6.07) is 10.9. The van der Waals surface area contributed by atoms with Crippen molar-refractivity contribution in [2.45, 2.75) is 171 Å². The number of hydrogen-bond acceptors (Lipinski definition) is 16. The van der Waals surface area contributed by atoms with E-state index in [0.29, 0.717) is 139 Å². The molecule has 6 heterocycles. The lowest BCUT2D eigenvalue weighted by Crippen LogP contribution is -2.80. The van der Waals surface area contributed by atoms with Crippen LogP contribution in [-0.4, -0.2) is 179 Å². The Balaban J connectivity index is 0.903. The Morgan fingerprint density at radius 2 is 1.68 bits per heavy atom. The summed E-state index contributed by atoms with van der Waals surface area (Å²) in [5, 5.41) is 46.1. The number of amides is 2. The number of Topliss-reactive ketones (excluding diaryl/α,β-unsaturated/α-hetero) is 2. The molecule has 478 valence electrons. The van der Waals surface area contributed by atoms with Crippen LogP contribution in [-0.2, 0) is 46.0 Å². The first kappa shape index (κ1) is 66.3. The highest BCUT2D eigenvalue weighted by molar-refractivity contribution is 8.76. The van der Waals surface area contributed by atoms with Crippen molar-refractivity contribution in [2.24, 2.45) is 45.5 Å². The Bertz CT molecular complexity index is 3080. The molecule has 3 aromatic rings. The number of esters is 1. The third kappa shape index (κ3) is 12.3. The summed E-state index contributed by atoms with van der Waals surface area (Å²) in [7, 11) is 8.18. The molecule has 19 nitrogen and oxygen atoms in total. The highest BCUT2D eigenvalue weighted by Crippen LogP contribution is 2.68. The third-order valence-electron chi connectivity index (χ3n) is 20.8. The molecule has 2 saturated heterocycles. The van der Waals surface area contributed by atoms with Crippen molar-refractivity contribution in [1.82, 2.24) is 25.4 Å². The summed E-state index contributed by atoms with van der Waals surface area (Å²) >= 11 is 0. The Morgan fingerprint density at radius 1 is 0.920 bits per heavy atom. The highest BCUT2D eigenvalue weighted by atomic mass is 33.1. The van der Waals surface area contributed by atoms with Gasteiger partial charge < -0.3 is 56.8 Å². The van der Waals surface area contributed by atoms with Gasteiger partial charge in [-0.3, -0.25) is 38.8 Å². The van der Waals surface area contributed by atoms with E-state index in [2.05, 4.69) is 54.7 Å². The fourth-order valence-electron chi connectivity index (χ4n) is 16.5. The zero-order valence-corrected chi connectivity index (χ0v) is 54.4. The van der Waals surface area contributed by atoms with Crippen molar-refractivity contribution in [1.29, 1.82) is 0 Å². The SMILES string of the molecule is CC[C@]1(O)C[C@H]2CN(CCc3c([nH]c4ccccc34)[C@@](C(=O)OC)(c3cc4c(cc3OC)N(C)[C@H]3[C@@](O)(C(=O)CCCSSCCNC(=O)[C@H](C)CC[C@H](C)NC(=O)[C@H](CCCN=C(N)N)CC(=O)C(C)C)[C@H](O)[C@]5(CC)C=CCN6CC[C@]43[C@@H]65)C2)C1. The lowest BCUT2D eigenvalue weighted by atomic mass is 9.47. The van der Waals surface area contributed by atoms with Crippen LogP contribution in [0.3, 0.4) is 0 Å². The average Bonchev–Trinajstić information content (AvgIpc) is 1.53. The monoisotopic (exact) mass is 1240 g/mol. The van der Waals surface area contributed by atoms with Crippen molar-refractivity contribution in [3.63, 3.8) is 0 Å². The number of methoxy groups -OCH3 is 2. The minimum Gasteiger partial charge on any atom is -0.496 e. The van der Waals surface area contributed by atoms with Gasteiger partial charge in [-0.05, 0) is 113 Å². The minimum atomic E-state index is -2.21. The number of aliphatic imine (C=N–C) groups is 1. The first-order chi connectivity index (χ1) is 41.5. The molecular formula is C66H97N9O10S2. The number of guanidine groups is 1. The Labute approximate surface area is 522 Å². The molecule has 9 rings (SSSR count). The van der Waals surface area contributed by atoms with Crippen molar-refractivity contribution < 1.29 is 48.8 Å². The molecule has 2 bridgehead atoms. The number of carbonyl (C=O) groups is 5. The summed E-state index contributed by atoms with van der Waals surface area (Å²) < 4.78 is 12.5. The molecule has 13 atom stereocenters. The second-order valence-electron chi connectivity index (χ2n) is 26.4. The molecule has 3 fully saturated rings. The summed E-state index contributed by atoms with van der Waals surface area (Å²) in [5.41, 5.74) is 9.40. The first-order valence-electron chi connectivity index (χ1n) is 31.8. The van der Waals surface area contributed by atoms with Gasteiger partial charge in [0.25, 0.3) is 0 Å². The molecule has 87 heavy (non-hydrogen) atoms. The van der Waals surface area contributed by atoms with Gasteiger partial charge in [0.15, 0.2) is 17.3 Å². The number of ether oxygens (including phenoxy) is 2. The van der Waals surface area contributed by atoms with Gasteiger partial charge in [0.1, 0.15) is 23.1 Å². The summed E-state index contributed by atoms with van der Waals surface area (Å²) in [5.74, 6) is -0.487. The van der Waals surface area contributed by atoms with E-state index in [0.717, 1.165) is 33.4 Å². The number of ketones is 2. The second-order valence-corrected chi connectivity index (χ2v) is 29.1. The maximum absolute atomic E-state index is 15.6. The minimum absolute atomic E-state index is 0.0136. The third-order valence-corrected chi connectivity index (χ3v) is 23.3. The molecule has 1 aliphatic carbocycles. The molecule has 0 radical (unpaired) electrons. The number of piperidine rings is 1. The lowest BCUT2D eigenvalue weighted by molar-refractivity contribution is -0.202. The van der Waals surface area contributed by atoms with Crippen LogP contribution < -0.4 is 31.7 Å². The van der Waals surface area contributed by atoms with Crippen molar-refractivity contribution >= 4 is 73.5 Å². The van der Waals surface area contributed by atoms with E-state index in [1.54, 1.807) is 28.7 Å². The standard InChI is InChI=1S/C66H97N9O10S2/c1-10-62(82)36-43-37-65(60(81)85-9,54-46(23-29-74(38-43)39-62)45-18-12-13-19-49(45)72-54)48-34-47-50(35-52(48)84-8)73(7)58-64(47)25-30-75-28-16-24-63(11-2,57(64)75)59(80)66(58,83)53(77)20-15-31-86-87-32-27-69-55(78)41(5)21-22-42(6)71-56(79)44(33-51(76)40(3)4)17-14-26-70-61(67)68/h12-13,16,18-19,24,34-35,40-44,57-59,72,80,82-83H,10-11,14-15,17,20-23,25-33,36-39H2,1-9H3,(H,69,78)(H,71,79)(H4,67,68,70)/t41-,42+,43-,44-,57+,58-,59-,62+,63-,64-,65+,66+/m1/s1. The van der Waals surface area contributed by atoms with E-state index >= 15 is 9.59 Å². The molecule has 2 amide bonds. The summed E-state index contributed by atoms with van der Waals surface area (Å²) in [6.07, 6.45) is 8.62. The van der Waals surface area contributed by atoms with Crippen LogP contribution in [0.25, 0.3) is 10.9 Å². The van der Waals surface area contributed by atoms with Crippen LogP contribution in [0, 0.1) is 29.1 Å². The fourth-order valence-corrected chi connectivity index (χ4v) is 18.5. The van der Waals surface area contributed by atoms with E-state index in [-0.39, 0.29) is 66.2 Å². The predicted molar refractivity (Wildman–Crippen MR) is 345 cm³/mol. The van der Waals surface area contributed by atoms with E-state index < -0.39 is 57.3 Å². The van der Waals surface area contributed by atoms with E-state index in [1.165, 1.54) is 7.11 Å². The van der Waals surface area contributed by atoms with Crippen molar-refractivity contribution in [3.05, 3.63) is 70.9 Å². The van der Waals surface area contributed by atoms with Crippen LogP contribution in [0.2, 0.25) is 0 Å². The number of H-pyrrole nitrogens is 1. The number of nitrogens with one attached hydrogen (secondary N) is 3. The molecule has 5 aliphatic heterocycles. The largest absolute Gasteiger partial charge is 0.496 e. The van der Waals surface area contributed by atoms with Gasteiger partial charge in [-0.25, -0.2) is 0 Å². The van der Waals surface area contributed by atoms with Gasteiger partial charge in [-0.1, -0.05) is 86.6 Å². The van der Waals surface area contributed by atoms with Gasteiger partial charge in [0, 0.05) is 145 Å². The van der Waals surface area contributed by atoms with Crippen LogP contribution in [0.1, 0.15) is 141 Å². The number of carbonyl (C=O) groups excluding carboxylic acids is 5. The number of aromatic nitrogens is 1. The molecule has 1 saturated carbocycles. The zero-order valence-electron chi connectivity index (χ0n) is 52.8. The molecular weight excluding hydrogens is 1140 g/mol. The highest BCUT2D eigenvalue weighted by Gasteiger charge is 2.78. The number of benzene rings is 2. The number of aromatic amines is 1. The number of nitrogens with two attached hydrogens (primary N) is 2. The van der Waals surface area contributed by atoms with Gasteiger partial charge in [0.2, 0.25) is 11.8 Å². The van der Waals surface area contributed by atoms with Gasteiger partial charge in [-0.15, -0.1) is 0 Å². The number of hydrogen-bond donors (Lipinski definition) is 8. The average molecular weight is 1240 g/mol. The number of fused-ring (bicyclic) bond motifs is 6. The van der Waals surface area contributed by atoms with Crippen molar-refractivity contribution in [2.75, 3.05) is 83.5 Å². The second kappa shape index (κ2) is 27.1. The molecule has 1 unspecified atom stereocenters. The molecule has 6 aliphatic rings. The number of anilines is 1. The van der Waals surface area contributed by atoms with E-state index in [9.17, 15) is 29.7 Å². The van der Waals surface area contributed by atoms with Gasteiger partial charge >= 0.3 is 5.97 Å². The molecule has 2 aromatic carbocycles. The first-order valence-corrected chi connectivity index (χ1v) is 34.3. The summed E-state index contributed by atoms with van der Waals surface area (Å²) in [4.78, 5) is 84.6. The molecule has 1 aromatic heterocycles. The van der Waals surface area contributed by atoms with Crippen LogP contribution in [0.15, 0.2) is 53.5 Å². The number of aliphatic hydroxyl groups excluding tert-OH is 1. The van der Waals surface area contributed by atoms with Crippen LogP contribution in [0.5, 0.6) is 5.75 Å². The van der Waals surface area contributed by atoms with Crippen LogP contribution in [0.4, 0.5) is 5.69 Å². The van der Waals surface area contributed by atoms with Crippen molar-refractivity contribution in [3.8, 4) is 5.75 Å². The van der Waals surface area contributed by atoms with E-state index in [1.807, 2.05) is 77.8 Å². The quantitative estimate of drug-likeness (QED) is 0.0104. The Kier molecular flexibility index (Phi) is 20.7. The maximum atomic E-state index is 15.6. The van der Waals surface area contributed by atoms with E-state index in [4.69, 9.17) is 20.9 Å². The zero-order chi connectivity index (χ0) is 62.8. The number of rotatable bonds is 27. The fraction of sp³-hybridized carbons (Fsp3) is 0.667. The number of likely N-dealkylation sites (N-methyl/N-ethyl adjacent to an activating group) is 1. The predicted octanol–water partition coefficient (Wildman–Crippen LogP) is 6.30. The van der Waals surface area contributed by atoms with Crippen LogP contribution >= 0.6 is 21.6 Å². The number of nitrogens with zero attached hydrogens (tertiary/aromatic N) is 4. The number of aliphatic hydroxyl groups is 3. The molecule has 1 spiro atoms. The number of para-hydroxylation sites is 1. The lowest BCUT2D eigenvalue weighted by Gasteiger charge is -2.63. The molecule has 21 heteroatoms. The Hall–Kier alpha value is -5.16. The smallest absolute Gasteiger partial charge is 0.322 e. The van der Waals surface area contributed by atoms with Gasteiger partial charge in [-0.2, -0.15) is 0 Å². The normalized spacial score (nSPS) is 29.9. The topological polar surface area (TPSA) is 278 Å². The summed E-state index contributed by atoms with van der Waals surface area (Å²) in [6.45, 7) is 15.6. The maximum Gasteiger partial charge on any atom is 0.322 e. The molecule has 10 N–H and O–H groups in total. The van der Waals surface area contributed by atoms with Gasteiger partial charge in [0.05, 0.1) is 25.9 Å². The Morgan fingerprint density at radius 3 is 2.39 bits per heavy atom.